The van der Waals surface area contributed by atoms with E-state index in [1.165, 1.54) is 44.2 Å². The van der Waals surface area contributed by atoms with Crippen molar-refractivity contribution in [2.75, 3.05) is 0 Å². The Bertz CT molecular complexity index is 591. The number of benzene rings is 1. The molecule has 0 saturated heterocycles. The Morgan fingerprint density at radius 1 is 1.00 bits per heavy atom. The van der Waals surface area contributed by atoms with Crippen LogP contribution < -0.4 is 5.11 Å². The number of unbranched alkanes of at least 4 members (excludes halogenated alkanes) is 4. The number of nitrogens with zero attached hydrogens (tertiary/aromatic N) is 2. The quantitative estimate of drug-likeness (QED) is 0.702. The molecule has 0 atom stereocenters. The number of carbonyl (C=O) groups is 1. The molecule has 0 aliphatic rings. The van der Waals surface area contributed by atoms with Gasteiger partial charge in [-0.15, -0.1) is 0 Å². The second-order valence-electron chi connectivity index (χ2n) is 5.44. The Morgan fingerprint density at radius 3 is 2.23 bits per heavy atom. The van der Waals surface area contributed by atoms with Crippen LogP contribution in [-0.2, 0) is 6.42 Å². The molecule has 0 amide bonds. The molecular weight excluding hydrogens is 276 g/mol. The van der Waals surface area contributed by atoms with Crippen molar-refractivity contribution >= 4 is 5.97 Å². The van der Waals surface area contributed by atoms with Gasteiger partial charge >= 0.3 is 0 Å². The van der Waals surface area contributed by atoms with E-state index in [9.17, 15) is 9.90 Å². The zero-order valence-electron chi connectivity index (χ0n) is 12.9. The number of aromatic carboxylic acids is 1. The first-order chi connectivity index (χ1) is 10.7. The van der Waals surface area contributed by atoms with Crippen LogP contribution in [-0.4, -0.2) is 15.9 Å². The number of carboxylic acid groups (broad SMARTS) is 1. The van der Waals surface area contributed by atoms with Gasteiger partial charge in [0.15, 0.2) is 5.82 Å². The van der Waals surface area contributed by atoms with Gasteiger partial charge in [-0.3, -0.25) is 0 Å². The van der Waals surface area contributed by atoms with Crippen LogP contribution in [0.5, 0.6) is 0 Å². The van der Waals surface area contributed by atoms with Crippen LogP contribution in [0.15, 0.2) is 36.7 Å². The molecule has 2 rings (SSSR count). The second-order valence-corrected chi connectivity index (χ2v) is 5.44. The molecule has 22 heavy (non-hydrogen) atoms. The lowest BCUT2D eigenvalue weighted by Gasteiger charge is -2.05. The zero-order valence-corrected chi connectivity index (χ0v) is 12.9. The van der Waals surface area contributed by atoms with Crippen LogP contribution in [0.3, 0.4) is 0 Å². The average molecular weight is 297 g/mol. The van der Waals surface area contributed by atoms with Crippen LogP contribution in [0.2, 0.25) is 0 Å². The van der Waals surface area contributed by atoms with Gasteiger partial charge in [-0.1, -0.05) is 56.9 Å². The van der Waals surface area contributed by atoms with Crippen molar-refractivity contribution in [3.8, 4) is 11.4 Å². The number of hydrogen-bond acceptors (Lipinski definition) is 4. The van der Waals surface area contributed by atoms with E-state index in [-0.39, 0.29) is 5.56 Å². The summed E-state index contributed by atoms with van der Waals surface area (Å²) in [4.78, 5) is 19.4. The van der Waals surface area contributed by atoms with Crippen molar-refractivity contribution in [2.45, 2.75) is 45.4 Å². The first-order valence-corrected chi connectivity index (χ1v) is 7.83. The highest BCUT2D eigenvalue weighted by Gasteiger charge is 2.02. The highest BCUT2D eigenvalue weighted by molar-refractivity contribution is 5.86. The lowest BCUT2D eigenvalue weighted by atomic mass is 10.1. The highest BCUT2D eigenvalue weighted by atomic mass is 16.4. The Hall–Kier alpha value is -2.23. The van der Waals surface area contributed by atoms with E-state index >= 15 is 0 Å². The number of aromatic nitrogens is 2. The molecule has 0 saturated carbocycles. The van der Waals surface area contributed by atoms with E-state index in [0.29, 0.717) is 5.82 Å². The minimum atomic E-state index is -1.18. The fourth-order valence-electron chi connectivity index (χ4n) is 2.32. The summed E-state index contributed by atoms with van der Waals surface area (Å²) < 4.78 is 0. The summed E-state index contributed by atoms with van der Waals surface area (Å²) in [5.41, 5.74) is 2.11. The molecule has 0 N–H and O–H groups in total. The van der Waals surface area contributed by atoms with Crippen LogP contribution >= 0.6 is 0 Å². The Kier molecular flexibility index (Phi) is 6.07. The van der Waals surface area contributed by atoms with Crippen molar-refractivity contribution in [1.82, 2.24) is 9.97 Å². The summed E-state index contributed by atoms with van der Waals surface area (Å²) in [5, 5.41) is 10.7. The Morgan fingerprint density at radius 2 is 1.64 bits per heavy atom. The fourth-order valence-corrected chi connectivity index (χ4v) is 2.32. The van der Waals surface area contributed by atoms with Crippen LogP contribution in [0, 0.1) is 0 Å². The first kappa shape index (κ1) is 16.1. The smallest absolute Gasteiger partial charge is 0.159 e. The number of hydrogen-bond donors (Lipinski definition) is 0. The average Bonchev–Trinajstić information content (AvgIpc) is 2.55. The van der Waals surface area contributed by atoms with Gasteiger partial charge < -0.3 is 9.90 Å². The third-order valence-electron chi connectivity index (χ3n) is 3.65. The molecule has 1 aromatic carbocycles. The van der Waals surface area contributed by atoms with Gasteiger partial charge in [0, 0.05) is 18.0 Å². The number of aryl methyl sites for hydroxylation is 1. The summed E-state index contributed by atoms with van der Waals surface area (Å²) in [5.74, 6) is -0.564. The summed E-state index contributed by atoms with van der Waals surface area (Å²) in [6, 6.07) is 6.42. The van der Waals surface area contributed by atoms with E-state index < -0.39 is 5.97 Å². The molecule has 0 fully saturated rings. The van der Waals surface area contributed by atoms with Gasteiger partial charge in [0.05, 0.1) is 5.97 Å². The third-order valence-corrected chi connectivity index (χ3v) is 3.65. The topological polar surface area (TPSA) is 65.9 Å². The largest absolute Gasteiger partial charge is 0.545 e. The lowest BCUT2D eigenvalue weighted by molar-refractivity contribution is -0.255. The molecule has 4 nitrogen and oxygen atoms in total. The maximum Gasteiger partial charge on any atom is 0.159 e. The van der Waals surface area contributed by atoms with E-state index in [1.807, 2.05) is 12.4 Å². The maximum absolute atomic E-state index is 10.7. The minimum Gasteiger partial charge on any atom is -0.545 e. The van der Waals surface area contributed by atoms with E-state index in [2.05, 4.69) is 16.9 Å². The summed E-state index contributed by atoms with van der Waals surface area (Å²) >= 11 is 0. The molecule has 0 spiro atoms. The molecule has 1 aromatic heterocycles. The maximum atomic E-state index is 10.7. The Balaban J connectivity index is 1.92. The molecule has 0 aliphatic heterocycles. The van der Waals surface area contributed by atoms with E-state index in [4.69, 9.17) is 0 Å². The fraction of sp³-hybridized carbons (Fsp3) is 0.389. The standard InChI is InChI=1S/C18H22N2O2/c1-2-3-4-5-6-7-14-12-19-17(20-13-14)15-8-10-16(11-9-15)18(21)22/h8-13H,2-7H2,1H3,(H,21,22)/p-1. The Labute approximate surface area is 131 Å². The molecule has 1 heterocycles. The van der Waals surface area contributed by atoms with Crippen molar-refractivity contribution in [3.63, 3.8) is 0 Å². The molecule has 0 unspecified atom stereocenters. The van der Waals surface area contributed by atoms with Crippen LogP contribution in [0.4, 0.5) is 0 Å². The molecule has 0 bridgehead atoms. The monoisotopic (exact) mass is 297 g/mol. The molecule has 0 radical (unpaired) electrons. The molecule has 116 valence electrons. The number of carbonyl (C=O) groups excluding carboxylic acids is 1. The van der Waals surface area contributed by atoms with Gasteiger partial charge in [-0.2, -0.15) is 0 Å². The minimum absolute atomic E-state index is 0.160. The van der Waals surface area contributed by atoms with E-state index in [1.54, 1.807) is 12.1 Å². The molecular formula is C18H21N2O2-. The summed E-state index contributed by atoms with van der Waals surface area (Å²) in [6.07, 6.45) is 11.0. The first-order valence-electron chi connectivity index (χ1n) is 7.83. The predicted octanol–water partition coefficient (Wildman–Crippen LogP) is 3.02. The molecule has 2 aromatic rings. The molecule has 4 heteroatoms. The van der Waals surface area contributed by atoms with Crippen molar-refractivity contribution in [3.05, 3.63) is 47.8 Å². The predicted molar refractivity (Wildman–Crippen MR) is 84.3 cm³/mol. The van der Waals surface area contributed by atoms with Crippen molar-refractivity contribution in [1.29, 1.82) is 0 Å². The third kappa shape index (κ3) is 4.65. The van der Waals surface area contributed by atoms with E-state index in [0.717, 1.165) is 17.5 Å². The zero-order chi connectivity index (χ0) is 15.8. The normalized spacial score (nSPS) is 10.6. The summed E-state index contributed by atoms with van der Waals surface area (Å²) in [6.45, 7) is 2.21. The second kappa shape index (κ2) is 8.27. The number of rotatable bonds is 8. The summed E-state index contributed by atoms with van der Waals surface area (Å²) in [7, 11) is 0. The SMILES string of the molecule is CCCCCCCc1cnc(-c2ccc(C(=O)[O-])cc2)nc1. The number of carboxylic acids is 1. The van der Waals surface area contributed by atoms with Gasteiger partial charge in [-0.05, 0) is 24.0 Å². The van der Waals surface area contributed by atoms with Crippen molar-refractivity contribution in [2.24, 2.45) is 0 Å². The lowest BCUT2D eigenvalue weighted by Crippen LogP contribution is -2.21. The van der Waals surface area contributed by atoms with Crippen LogP contribution in [0.25, 0.3) is 11.4 Å². The van der Waals surface area contributed by atoms with Crippen molar-refractivity contribution < 1.29 is 9.90 Å². The van der Waals surface area contributed by atoms with Crippen LogP contribution in [0.1, 0.15) is 54.9 Å². The van der Waals surface area contributed by atoms with Gasteiger partial charge in [0.1, 0.15) is 0 Å². The molecule has 0 aliphatic carbocycles. The van der Waals surface area contributed by atoms with Gasteiger partial charge in [0.2, 0.25) is 0 Å². The van der Waals surface area contributed by atoms with Gasteiger partial charge in [-0.25, -0.2) is 9.97 Å². The van der Waals surface area contributed by atoms with Gasteiger partial charge in [0.25, 0.3) is 0 Å². The highest BCUT2D eigenvalue weighted by Crippen LogP contribution is 2.16.